The van der Waals surface area contributed by atoms with Gasteiger partial charge in [-0.15, -0.1) is 0 Å². The van der Waals surface area contributed by atoms with Crippen LogP contribution in [0.2, 0.25) is 0 Å². The molecule has 0 rings (SSSR count). The summed E-state index contributed by atoms with van der Waals surface area (Å²) in [7, 11) is 0. The lowest BCUT2D eigenvalue weighted by Gasteiger charge is -2.06. The molecule has 0 aromatic rings. The van der Waals surface area contributed by atoms with Gasteiger partial charge in [0.2, 0.25) is 0 Å². The average molecular weight is 143 g/mol. The van der Waals surface area contributed by atoms with Gasteiger partial charge in [-0.05, 0) is 13.0 Å². The Morgan fingerprint density at radius 1 is 1.60 bits per heavy atom. The molecule has 0 saturated carbocycles. The van der Waals surface area contributed by atoms with E-state index in [2.05, 4.69) is 6.92 Å². The molecular weight excluding hydrogens is 126 g/mol. The Morgan fingerprint density at radius 3 is 2.60 bits per heavy atom. The first-order valence-electron chi connectivity index (χ1n) is 3.95. The van der Waals surface area contributed by atoms with Crippen LogP contribution >= 0.6 is 0 Å². The van der Waals surface area contributed by atoms with E-state index in [1.165, 1.54) is 0 Å². The van der Waals surface area contributed by atoms with Crippen LogP contribution in [0.3, 0.4) is 0 Å². The summed E-state index contributed by atoms with van der Waals surface area (Å²) in [4.78, 5) is 11.1. The summed E-state index contributed by atoms with van der Waals surface area (Å²) < 4.78 is 0. The summed E-state index contributed by atoms with van der Waals surface area (Å²) in [5, 5.41) is 0. The normalized spacial score (nSPS) is 13.1. The van der Waals surface area contributed by atoms with Crippen LogP contribution in [0.4, 0.5) is 0 Å². The highest BCUT2D eigenvalue weighted by Crippen LogP contribution is 2.07. The van der Waals surface area contributed by atoms with E-state index in [-0.39, 0.29) is 5.92 Å². The molecule has 0 fully saturated rings. The highest BCUT2D eigenvalue weighted by Gasteiger charge is 2.09. The monoisotopic (exact) mass is 143 g/mol. The van der Waals surface area contributed by atoms with Gasteiger partial charge < -0.3 is 5.73 Å². The first kappa shape index (κ1) is 9.63. The third-order valence-corrected chi connectivity index (χ3v) is 1.66. The van der Waals surface area contributed by atoms with E-state index in [1.807, 2.05) is 6.92 Å². The first-order valence-corrected chi connectivity index (χ1v) is 3.95. The van der Waals surface area contributed by atoms with Crippen LogP contribution in [0.25, 0.3) is 0 Å². The zero-order valence-corrected chi connectivity index (χ0v) is 6.89. The van der Waals surface area contributed by atoms with E-state index in [4.69, 9.17) is 5.73 Å². The van der Waals surface area contributed by atoms with E-state index in [0.717, 1.165) is 12.8 Å². The Hall–Kier alpha value is -0.370. The van der Waals surface area contributed by atoms with Gasteiger partial charge in [0.05, 0.1) is 0 Å². The topological polar surface area (TPSA) is 43.1 Å². The third kappa shape index (κ3) is 3.62. The molecule has 2 N–H and O–H groups in total. The minimum Gasteiger partial charge on any atom is -0.330 e. The van der Waals surface area contributed by atoms with Crippen LogP contribution in [0.1, 0.15) is 33.1 Å². The van der Waals surface area contributed by atoms with Crippen molar-refractivity contribution in [2.45, 2.75) is 33.1 Å². The fourth-order valence-corrected chi connectivity index (χ4v) is 0.983. The number of carbonyl (C=O) groups excluding carboxylic acids is 1. The van der Waals surface area contributed by atoms with Crippen molar-refractivity contribution in [2.75, 3.05) is 6.54 Å². The standard InChI is InChI=1S/C8H17NO/c1-3-4-7(2)8(10)5-6-9/h7H,3-6,9H2,1-2H3. The summed E-state index contributed by atoms with van der Waals surface area (Å²) in [6, 6.07) is 0. The third-order valence-electron chi connectivity index (χ3n) is 1.66. The summed E-state index contributed by atoms with van der Waals surface area (Å²) in [6.45, 7) is 4.56. The fourth-order valence-electron chi connectivity index (χ4n) is 0.983. The number of ketones is 1. The molecule has 0 radical (unpaired) electrons. The van der Waals surface area contributed by atoms with Crippen LogP contribution in [0.15, 0.2) is 0 Å². The van der Waals surface area contributed by atoms with Gasteiger partial charge >= 0.3 is 0 Å². The van der Waals surface area contributed by atoms with Crippen molar-refractivity contribution in [3.63, 3.8) is 0 Å². The van der Waals surface area contributed by atoms with Crippen molar-refractivity contribution in [3.05, 3.63) is 0 Å². The van der Waals surface area contributed by atoms with E-state index in [0.29, 0.717) is 18.7 Å². The Balaban J connectivity index is 3.49. The van der Waals surface area contributed by atoms with Crippen molar-refractivity contribution in [3.8, 4) is 0 Å². The zero-order chi connectivity index (χ0) is 7.98. The number of rotatable bonds is 5. The SMILES string of the molecule is CCCC(C)C(=O)CCN. The minimum atomic E-state index is 0.216. The van der Waals surface area contributed by atoms with Gasteiger partial charge in [-0.3, -0.25) is 4.79 Å². The Kier molecular flexibility index (Phi) is 5.22. The van der Waals surface area contributed by atoms with Crippen molar-refractivity contribution >= 4 is 5.78 Å². The van der Waals surface area contributed by atoms with Gasteiger partial charge in [-0.25, -0.2) is 0 Å². The molecule has 1 unspecified atom stereocenters. The lowest BCUT2D eigenvalue weighted by Crippen LogP contribution is -2.15. The van der Waals surface area contributed by atoms with Crippen LogP contribution in [-0.4, -0.2) is 12.3 Å². The molecule has 0 aliphatic rings. The van der Waals surface area contributed by atoms with E-state index in [1.54, 1.807) is 0 Å². The van der Waals surface area contributed by atoms with Crippen molar-refractivity contribution < 1.29 is 4.79 Å². The van der Waals surface area contributed by atoms with Crippen LogP contribution in [0, 0.1) is 5.92 Å². The predicted octanol–water partition coefficient (Wildman–Crippen LogP) is 1.34. The van der Waals surface area contributed by atoms with Gasteiger partial charge in [-0.1, -0.05) is 20.3 Å². The predicted molar refractivity (Wildman–Crippen MR) is 42.8 cm³/mol. The molecule has 0 bridgehead atoms. The maximum absolute atomic E-state index is 11.1. The summed E-state index contributed by atoms with van der Waals surface area (Å²) in [5.41, 5.74) is 5.24. The zero-order valence-electron chi connectivity index (χ0n) is 6.89. The van der Waals surface area contributed by atoms with Crippen molar-refractivity contribution in [1.29, 1.82) is 0 Å². The van der Waals surface area contributed by atoms with Crippen LogP contribution in [0.5, 0.6) is 0 Å². The molecule has 0 amide bonds. The molecule has 0 heterocycles. The maximum atomic E-state index is 11.1. The van der Waals surface area contributed by atoms with Gasteiger partial charge in [-0.2, -0.15) is 0 Å². The fraction of sp³-hybridized carbons (Fsp3) is 0.875. The van der Waals surface area contributed by atoms with Crippen molar-refractivity contribution in [2.24, 2.45) is 11.7 Å². The molecule has 0 aliphatic heterocycles. The summed E-state index contributed by atoms with van der Waals surface area (Å²) in [6.07, 6.45) is 2.62. The minimum absolute atomic E-state index is 0.216. The van der Waals surface area contributed by atoms with Gasteiger partial charge in [0.25, 0.3) is 0 Å². The van der Waals surface area contributed by atoms with E-state index in [9.17, 15) is 4.79 Å². The highest BCUT2D eigenvalue weighted by molar-refractivity contribution is 5.80. The number of nitrogens with two attached hydrogens (primary N) is 1. The molecular formula is C8H17NO. The number of Topliss-reactive ketones (excluding diaryl/α,β-unsaturated/α-hetero) is 1. The lowest BCUT2D eigenvalue weighted by atomic mass is 9.99. The van der Waals surface area contributed by atoms with Gasteiger partial charge in [0, 0.05) is 12.3 Å². The molecule has 2 heteroatoms. The lowest BCUT2D eigenvalue weighted by molar-refractivity contribution is -0.122. The molecule has 0 aromatic carbocycles. The molecule has 60 valence electrons. The molecule has 2 nitrogen and oxygen atoms in total. The van der Waals surface area contributed by atoms with E-state index < -0.39 is 0 Å². The van der Waals surface area contributed by atoms with Crippen LogP contribution in [-0.2, 0) is 4.79 Å². The molecule has 0 aliphatic carbocycles. The molecule has 10 heavy (non-hydrogen) atoms. The Morgan fingerprint density at radius 2 is 2.20 bits per heavy atom. The van der Waals surface area contributed by atoms with Crippen LogP contribution < -0.4 is 5.73 Å². The second-order valence-corrected chi connectivity index (χ2v) is 2.69. The summed E-state index contributed by atoms with van der Waals surface area (Å²) >= 11 is 0. The Bertz CT molecular complexity index is 101. The van der Waals surface area contributed by atoms with Gasteiger partial charge in [0.1, 0.15) is 5.78 Å². The van der Waals surface area contributed by atoms with Gasteiger partial charge in [0.15, 0.2) is 0 Å². The molecule has 0 aromatic heterocycles. The second kappa shape index (κ2) is 5.42. The molecule has 1 atom stereocenters. The van der Waals surface area contributed by atoms with E-state index >= 15 is 0 Å². The smallest absolute Gasteiger partial charge is 0.136 e. The first-order chi connectivity index (χ1) is 4.72. The highest BCUT2D eigenvalue weighted by atomic mass is 16.1. The number of hydrogen-bond acceptors (Lipinski definition) is 2. The molecule has 0 saturated heterocycles. The summed E-state index contributed by atoms with van der Waals surface area (Å²) in [5.74, 6) is 0.526. The second-order valence-electron chi connectivity index (χ2n) is 2.69. The molecule has 0 spiro atoms. The largest absolute Gasteiger partial charge is 0.330 e. The Labute approximate surface area is 62.8 Å². The quantitative estimate of drug-likeness (QED) is 0.631. The average Bonchev–Trinajstić information content (AvgIpc) is 1.89. The number of carbonyl (C=O) groups is 1. The number of hydrogen-bond donors (Lipinski definition) is 1. The van der Waals surface area contributed by atoms with Crippen molar-refractivity contribution in [1.82, 2.24) is 0 Å². The maximum Gasteiger partial charge on any atom is 0.136 e.